The van der Waals surface area contributed by atoms with Gasteiger partial charge in [0.15, 0.2) is 0 Å². The van der Waals surface area contributed by atoms with E-state index in [2.05, 4.69) is 4.90 Å². The standard InChI is InChI=1S/C16H24N2O3/c1-11-14(20-2)5-4-13(15(11)21-3)10-18-8-6-12(7-9-18)16(17)19/h4-5,12H,6-10H2,1-3H3,(H2,17,19). The third-order valence-electron chi connectivity index (χ3n) is 4.25. The van der Waals surface area contributed by atoms with E-state index in [0.29, 0.717) is 0 Å². The van der Waals surface area contributed by atoms with E-state index < -0.39 is 0 Å². The van der Waals surface area contributed by atoms with Crippen LogP contribution in [0.25, 0.3) is 0 Å². The topological polar surface area (TPSA) is 64.8 Å². The molecule has 116 valence electrons. The summed E-state index contributed by atoms with van der Waals surface area (Å²) in [6.45, 7) is 4.60. The molecule has 1 aliphatic rings. The summed E-state index contributed by atoms with van der Waals surface area (Å²) in [6.07, 6.45) is 1.68. The lowest BCUT2D eigenvalue weighted by Crippen LogP contribution is -2.38. The SMILES string of the molecule is COc1ccc(CN2CCC(C(N)=O)CC2)c(OC)c1C. The molecule has 0 spiro atoms. The van der Waals surface area contributed by atoms with E-state index in [-0.39, 0.29) is 11.8 Å². The first-order valence-corrected chi connectivity index (χ1v) is 7.29. The Bertz CT molecular complexity index is 508. The summed E-state index contributed by atoms with van der Waals surface area (Å²) in [5, 5.41) is 0. The first kappa shape index (κ1) is 15.6. The van der Waals surface area contributed by atoms with Crippen LogP contribution in [0.15, 0.2) is 12.1 Å². The molecule has 0 bridgehead atoms. The fourth-order valence-electron chi connectivity index (χ4n) is 2.98. The van der Waals surface area contributed by atoms with Crippen molar-refractivity contribution in [1.29, 1.82) is 0 Å². The van der Waals surface area contributed by atoms with E-state index in [1.54, 1.807) is 14.2 Å². The number of hydrogen-bond donors (Lipinski definition) is 1. The summed E-state index contributed by atoms with van der Waals surface area (Å²) in [5.41, 5.74) is 7.54. The Morgan fingerprint density at radius 2 is 1.95 bits per heavy atom. The molecule has 1 aromatic rings. The third kappa shape index (κ3) is 3.47. The number of hydrogen-bond acceptors (Lipinski definition) is 4. The molecule has 1 aromatic carbocycles. The van der Waals surface area contributed by atoms with Crippen LogP contribution in [0.1, 0.15) is 24.0 Å². The molecule has 0 aliphatic carbocycles. The van der Waals surface area contributed by atoms with Crippen LogP contribution < -0.4 is 15.2 Å². The number of rotatable bonds is 5. The summed E-state index contributed by atoms with van der Waals surface area (Å²) in [7, 11) is 3.35. The summed E-state index contributed by atoms with van der Waals surface area (Å²) < 4.78 is 10.9. The van der Waals surface area contributed by atoms with Crippen molar-refractivity contribution in [2.45, 2.75) is 26.3 Å². The van der Waals surface area contributed by atoms with Gasteiger partial charge in [0.25, 0.3) is 0 Å². The monoisotopic (exact) mass is 292 g/mol. The predicted octanol–water partition coefficient (Wildman–Crippen LogP) is 1.71. The van der Waals surface area contributed by atoms with E-state index >= 15 is 0 Å². The zero-order valence-electron chi connectivity index (χ0n) is 13.0. The van der Waals surface area contributed by atoms with Crippen LogP contribution in [-0.2, 0) is 11.3 Å². The van der Waals surface area contributed by atoms with Crippen molar-refractivity contribution in [3.05, 3.63) is 23.3 Å². The Labute approximate surface area is 126 Å². The van der Waals surface area contributed by atoms with Crippen LogP contribution in [0.4, 0.5) is 0 Å². The van der Waals surface area contributed by atoms with Crippen molar-refractivity contribution in [3.8, 4) is 11.5 Å². The van der Waals surface area contributed by atoms with Crippen LogP contribution in [0, 0.1) is 12.8 Å². The lowest BCUT2D eigenvalue weighted by Gasteiger charge is -2.31. The number of carbonyl (C=O) groups excluding carboxylic acids is 1. The van der Waals surface area contributed by atoms with Gasteiger partial charge in [-0.25, -0.2) is 0 Å². The molecule has 5 nitrogen and oxygen atoms in total. The highest BCUT2D eigenvalue weighted by atomic mass is 16.5. The summed E-state index contributed by atoms with van der Waals surface area (Å²) in [6, 6.07) is 4.02. The Balaban J connectivity index is 2.07. The molecule has 2 N–H and O–H groups in total. The minimum absolute atomic E-state index is 0.0285. The smallest absolute Gasteiger partial charge is 0.220 e. The second-order valence-electron chi connectivity index (χ2n) is 5.54. The number of piperidine rings is 1. The minimum atomic E-state index is -0.174. The summed E-state index contributed by atoms with van der Waals surface area (Å²) in [4.78, 5) is 13.5. The number of nitrogens with two attached hydrogens (primary N) is 1. The summed E-state index contributed by atoms with van der Waals surface area (Å²) >= 11 is 0. The molecule has 1 amide bonds. The average molecular weight is 292 g/mol. The van der Waals surface area contributed by atoms with Crippen LogP contribution in [-0.4, -0.2) is 38.1 Å². The molecule has 21 heavy (non-hydrogen) atoms. The van der Waals surface area contributed by atoms with Gasteiger partial charge in [-0.1, -0.05) is 6.07 Å². The molecular weight excluding hydrogens is 268 g/mol. The van der Waals surface area contributed by atoms with Crippen LogP contribution >= 0.6 is 0 Å². The summed E-state index contributed by atoms with van der Waals surface area (Å²) in [5.74, 6) is 1.57. The average Bonchev–Trinajstić information content (AvgIpc) is 2.48. The molecule has 5 heteroatoms. The van der Waals surface area contributed by atoms with Gasteiger partial charge in [0.05, 0.1) is 14.2 Å². The lowest BCUT2D eigenvalue weighted by atomic mass is 9.96. The predicted molar refractivity (Wildman–Crippen MR) is 81.5 cm³/mol. The fourth-order valence-corrected chi connectivity index (χ4v) is 2.98. The minimum Gasteiger partial charge on any atom is -0.496 e. The molecule has 0 saturated carbocycles. The van der Waals surface area contributed by atoms with E-state index in [0.717, 1.165) is 55.1 Å². The largest absolute Gasteiger partial charge is 0.496 e. The quantitative estimate of drug-likeness (QED) is 0.897. The first-order chi connectivity index (χ1) is 10.1. The lowest BCUT2D eigenvalue weighted by molar-refractivity contribution is -0.123. The highest BCUT2D eigenvalue weighted by molar-refractivity contribution is 5.76. The van der Waals surface area contributed by atoms with Crippen LogP contribution in [0.5, 0.6) is 11.5 Å². The molecular formula is C16H24N2O3. The fraction of sp³-hybridized carbons (Fsp3) is 0.562. The van der Waals surface area contributed by atoms with E-state index in [9.17, 15) is 4.79 Å². The Hall–Kier alpha value is -1.75. The Kier molecular flexibility index (Phi) is 5.07. The molecule has 0 atom stereocenters. The Morgan fingerprint density at radius 1 is 1.29 bits per heavy atom. The van der Waals surface area contributed by atoms with Crippen molar-refractivity contribution in [2.75, 3.05) is 27.3 Å². The van der Waals surface area contributed by atoms with Crippen molar-refractivity contribution >= 4 is 5.91 Å². The number of benzene rings is 1. The molecule has 0 aromatic heterocycles. The highest BCUT2D eigenvalue weighted by Gasteiger charge is 2.24. The maximum Gasteiger partial charge on any atom is 0.220 e. The second kappa shape index (κ2) is 6.80. The normalized spacial score (nSPS) is 16.7. The number of nitrogens with zero attached hydrogens (tertiary/aromatic N) is 1. The number of primary amides is 1. The van der Waals surface area contributed by atoms with Gasteiger partial charge < -0.3 is 15.2 Å². The van der Waals surface area contributed by atoms with Crippen molar-refractivity contribution in [2.24, 2.45) is 11.7 Å². The molecule has 1 saturated heterocycles. The van der Waals surface area contributed by atoms with Gasteiger partial charge >= 0.3 is 0 Å². The zero-order chi connectivity index (χ0) is 15.4. The maximum absolute atomic E-state index is 11.2. The van der Waals surface area contributed by atoms with Gasteiger partial charge in [0.1, 0.15) is 11.5 Å². The zero-order valence-corrected chi connectivity index (χ0v) is 13.0. The van der Waals surface area contributed by atoms with Gasteiger partial charge in [-0.3, -0.25) is 9.69 Å². The number of amides is 1. The van der Waals surface area contributed by atoms with Crippen molar-refractivity contribution in [3.63, 3.8) is 0 Å². The van der Waals surface area contributed by atoms with Crippen LogP contribution in [0.3, 0.4) is 0 Å². The van der Waals surface area contributed by atoms with Gasteiger partial charge in [-0.05, 0) is 38.9 Å². The number of likely N-dealkylation sites (tertiary alicyclic amines) is 1. The molecule has 0 radical (unpaired) electrons. The number of ether oxygens (including phenoxy) is 2. The molecule has 1 fully saturated rings. The molecule has 1 aliphatic heterocycles. The third-order valence-corrected chi connectivity index (χ3v) is 4.25. The Morgan fingerprint density at radius 3 is 2.48 bits per heavy atom. The molecule has 2 rings (SSSR count). The van der Waals surface area contributed by atoms with Crippen molar-refractivity contribution in [1.82, 2.24) is 4.90 Å². The van der Waals surface area contributed by atoms with Crippen molar-refractivity contribution < 1.29 is 14.3 Å². The number of methoxy groups -OCH3 is 2. The molecule has 1 heterocycles. The number of carbonyl (C=O) groups is 1. The second-order valence-corrected chi connectivity index (χ2v) is 5.54. The van der Waals surface area contributed by atoms with E-state index in [4.69, 9.17) is 15.2 Å². The highest BCUT2D eigenvalue weighted by Crippen LogP contribution is 2.32. The van der Waals surface area contributed by atoms with Crippen LogP contribution in [0.2, 0.25) is 0 Å². The molecule has 0 unspecified atom stereocenters. The van der Waals surface area contributed by atoms with Gasteiger partial charge in [0, 0.05) is 23.6 Å². The first-order valence-electron chi connectivity index (χ1n) is 7.29. The van der Waals surface area contributed by atoms with Gasteiger partial charge in [-0.15, -0.1) is 0 Å². The maximum atomic E-state index is 11.2. The van der Waals surface area contributed by atoms with Gasteiger partial charge in [-0.2, -0.15) is 0 Å². The van der Waals surface area contributed by atoms with Gasteiger partial charge in [0.2, 0.25) is 5.91 Å². The van der Waals surface area contributed by atoms with E-state index in [1.807, 2.05) is 19.1 Å². The van der Waals surface area contributed by atoms with E-state index in [1.165, 1.54) is 0 Å².